The summed E-state index contributed by atoms with van der Waals surface area (Å²) in [5.74, 6) is 0. The fourth-order valence-corrected chi connectivity index (χ4v) is 0.975. The van der Waals surface area contributed by atoms with Gasteiger partial charge in [-0.2, -0.15) is 0 Å². The lowest BCUT2D eigenvalue weighted by Crippen LogP contribution is -2.30. The zero-order chi connectivity index (χ0) is 12.4. The number of benzene rings is 1. The average molecular weight is 224 g/mol. The van der Waals surface area contributed by atoms with Crippen molar-refractivity contribution in [3.05, 3.63) is 35.9 Å². The molecule has 0 aromatic heterocycles. The summed E-state index contributed by atoms with van der Waals surface area (Å²) in [5, 5.41) is 2.53. The molecule has 0 fully saturated rings. The summed E-state index contributed by atoms with van der Waals surface area (Å²) in [6, 6.07) is 8.64. The van der Waals surface area contributed by atoms with E-state index in [0.29, 0.717) is 6.54 Å². The minimum atomic E-state index is -0.833. The van der Waals surface area contributed by atoms with Crippen LogP contribution in [0.1, 0.15) is 5.56 Å². The second kappa shape index (κ2) is 8.10. The molecule has 16 heavy (non-hydrogen) atoms. The Morgan fingerprint density at radius 1 is 1.06 bits per heavy atom. The summed E-state index contributed by atoms with van der Waals surface area (Å²) in [6.07, 6.45) is 0.823. The largest absolute Gasteiger partial charge is 0.352 e. The van der Waals surface area contributed by atoms with Crippen LogP contribution in [0.4, 0.5) is 9.59 Å². The molecule has 88 valence electrons. The molecule has 4 amide bonds. The highest BCUT2D eigenvalue weighted by atomic mass is 16.2. The molecule has 0 aliphatic heterocycles. The lowest BCUT2D eigenvalue weighted by molar-refractivity contribution is 0.249. The zero-order valence-electron chi connectivity index (χ0n) is 8.85. The van der Waals surface area contributed by atoms with Gasteiger partial charge in [0.1, 0.15) is 0 Å². The van der Waals surface area contributed by atoms with Gasteiger partial charge in [0.15, 0.2) is 0 Å². The summed E-state index contributed by atoms with van der Waals surface area (Å²) >= 11 is 0. The number of nitrogens with two attached hydrogens (primary N) is 3. The summed E-state index contributed by atoms with van der Waals surface area (Å²) < 4.78 is 0. The Labute approximate surface area is 93.8 Å². The number of carbonyl (C=O) groups excluding carboxylic acids is 2. The summed E-state index contributed by atoms with van der Waals surface area (Å²) in [4.78, 5) is 19.3. The first kappa shape index (κ1) is 13.8. The first-order chi connectivity index (χ1) is 7.52. The minimum absolute atomic E-state index is 0.467. The topological polar surface area (TPSA) is 124 Å². The molecule has 0 bridgehead atoms. The van der Waals surface area contributed by atoms with Gasteiger partial charge in [-0.1, -0.05) is 30.3 Å². The van der Waals surface area contributed by atoms with Crippen molar-refractivity contribution < 1.29 is 9.59 Å². The number of carbonyl (C=O) groups is 2. The Morgan fingerprint density at radius 3 is 2.00 bits per heavy atom. The monoisotopic (exact) mass is 224 g/mol. The summed E-state index contributed by atoms with van der Waals surface area (Å²) in [7, 11) is 0. The highest BCUT2D eigenvalue weighted by molar-refractivity contribution is 5.71. The molecular formula is C10H16N4O2. The van der Waals surface area contributed by atoms with E-state index in [4.69, 9.17) is 10.5 Å². The van der Waals surface area contributed by atoms with E-state index >= 15 is 0 Å². The fourth-order valence-electron chi connectivity index (χ4n) is 0.975. The normalized spacial score (nSPS) is 8.50. The quantitative estimate of drug-likeness (QED) is 0.573. The van der Waals surface area contributed by atoms with Crippen LogP contribution in [0.2, 0.25) is 0 Å². The van der Waals surface area contributed by atoms with Crippen LogP contribution in [0.3, 0.4) is 0 Å². The highest BCUT2D eigenvalue weighted by Gasteiger charge is 1.92. The van der Waals surface area contributed by atoms with E-state index in [2.05, 4.69) is 16.8 Å². The highest BCUT2D eigenvalue weighted by Crippen LogP contribution is 1.97. The standard InChI is InChI=1S/C9H12N2O.CH4N2O/c10-9(12)11-7-6-8-4-2-1-3-5-8;2-1(3)4/h1-5H,6-7H2,(H3,10,11,12);(H4,2,3,4). The van der Waals surface area contributed by atoms with Gasteiger partial charge in [-0.05, 0) is 12.0 Å². The molecule has 0 heterocycles. The van der Waals surface area contributed by atoms with Gasteiger partial charge in [0.05, 0.1) is 0 Å². The van der Waals surface area contributed by atoms with E-state index in [1.54, 1.807) is 0 Å². The maximum Gasteiger partial charge on any atom is 0.312 e. The molecule has 6 nitrogen and oxygen atoms in total. The molecule has 0 saturated carbocycles. The molecule has 0 unspecified atom stereocenters. The average Bonchev–Trinajstić information content (AvgIpc) is 2.18. The van der Waals surface area contributed by atoms with E-state index in [1.165, 1.54) is 5.56 Å². The lowest BCUT2D eigenvalue weighted by Gasteiger charge is -2.00. The molecule has 6 heteroatoms. The number of rotatable bonds is 3. The van der Waals surface area contributed by atoms with E-state index < -0.39 is 12.1 Å². The van der Waals surface area contributed by atoms with Crippen molar-refractivity contribution in [2.45, 2.75) is 6.42 Å². The molecule has 0 spiro atoms. The lowest BCUT2D eigenvalue weighted by atomic mass is 10.1. The molecule has 1 aromatic carbocycles. The van der Waals surface area contributed by atoms with E-state index in [9.17, 15) is 4.79 Å². The van der Waals surface area contributed by atoms with Gasteiger partial charge in [-0.25, -0.2) is 9.59 Å². The van der Waals surface area contributed by atoms with Gasteiger partial charge in [0.25, 0.3) is 0 Å². The van der Waals surface area contributed by atoms with Gasteiger partial charge in [-0.15, -0.1) is 0 Å². The SMILES string of the molecule is NC(=O)NCCc1ccccc1.NC(N)=O. The van der Waals surface area contributed by atoms with E-state index in [-0.39, 0.29) is 0 Å². The Balaban J connectivity index is 0.000000487. The van der Waals surface area contributed by atoms with Gasteiger partial charge in [0, 0.05) is 6.54 Å². The third-order valence-electron chi connectivity index (χ3n) is 1.56. The van der Waals surface area contributed by atoms with Crippen LogP contribution >= 0.6 is 0 Å². The first-order valence-electron chi connectivity index (χ1n) is 4.64. The fraction of sp³-hybridized carbons (Fsp3) is 0.200. The number of hydrogen-bond acceptors (Lipinski definition) is 2. The third-order valence-corrected chi connectivity index (χ3v) is 1.56. The van der Waals surface area contributed by atoms with Crippen LogP contribution in [-0.4, -0.2) is 18.6 Å². The predicted octanol–water partition coefficient (Wildman–Crippen LogP) is -0.0788. The van der Waals surface area contributed by atoms with Crippen LogP contribution in [0.5, 0.6) is 0 Å². The molecule has 0 aliphatic carbocycles. The third kappa shape index (κ3) is 9.85. The summed E-state index contributed by atoms with van der Waals surface area (Å²) in [6.45, 7) is 0.597. The Hall–Kier alpha value is -2.24. The molecule has 1 rings (SSSR count). The van der Waals surface area contributed by atoms with Crippen molar-refractivity contribution in [2.24, 2.45) is 17.2 Å². The van der Waals surface area contributed by atoms with Gasteiger partial charge < -0.3 is 22.5 Å². The minimum Gasteiger partial charge on any atom is -0.352 e. The van der Waals surface area contributed by atoms with Crippen molar-refractivity contribution in [1.29, 1.82) is 0 Å². The maximum absolute atomic E-state index is 10.3. The number of amides is 4. The Bertz CT molecular complexity index is 323. The Morgan fingerprint density at radius 2 is 1.56 bits per heavy atom. The van der Waals surface area contributed by atoms with Crippen molar-refractivity contribution in [3.8, 4) is 0 Å². The molecule has 7 N–H and O–H groups in total. The Kier molecular flexibility index (Phi) is 6.97. The molecule has 0 atom stereocenters. The molecule has 0 aliphatic rings. The molecule has 0 radical (unpaired) electrons. The number of hydrogen-bond donors (Lipinski definition) is 4. The first-order valence-corrected chi connectivity index (χ1v) is 4.64. The maximum atomic E-state index is 10.3. The van der Waals surface area contributed by atoms with Crippen LogP contribution in [0.25, 0.3) is 0 Å². The van der Waals surface area contributed by atoms with Crippen molar-refractivity contribution >= 4 is 12.1 Å². The van der Waals surface area contributed by atoms with Crippen LogP contribution in [-0.2, 0) is 6.42 Å². The number of nitrogens with one attached hydrogen (secondary N) is 1. The molecular weight excluding hydrogens is 208 g/mol. The van der Waals surface area contributed by atoms with Gasteiger partial charge in [-0.3, -0.25) is 0 Å². The number of primary amides is 3. The predicted molar refractivity (Wildman–Crippen MR) is 61.5 cm³/mol. The van der Waals surface area contributed by atoms with Gasteiger partial charge in [0.2, 0.25) is 0 Å². The van der Waals surface area contributed by atoms with Crippen molar-refractivity contribution in [3.63, 3.8) is 0 Å². The molecule has 1 aromatic rings. The summed E-state index contributed by atoms with van der Waals surface area (Å²) in [5.41, 5.74) is 14.6. The van der Waals surface area contributed by atoms with Crippen molar-refractivity contribution in [2.75, 3.05) is 6.54 Å². The number of urea groups is 2. The second-order valence-corrected chi connectivity index (χ2v) is 2.93. The molecule has 0 saturated heterocycles. The smallest absolute Gasteiger partial charge is 0.312 e. The van der Waals surface area contributed by atoms with Crippen LogP contribution in [0, 0.1) is 0 Å². The van der Waals surface area contributed by atoms with Crippen LogP contribution in [0.15, 0.2) is 30.3 Å². The van der Waals surface area contributed by atoms with E-state index in [1.807, 2.05) is 30.3 Å². The van der Waals surface area contributed by atoms with Gasteiger partial charge >= 0.3 is 12.1 Å². The van der Waals surface area contributed by atoms with Crippen LogP contribution < -0.4 is 22.5 Å². The van der Waals surface area contributed by atoms with Crippen molar-refractivity contribution in [1.82, 2.24) is 5.32 Å². The van der Waals surface area contributed by atoms with E-state index in [0.717, 1.165) is 6.42 Å². The second-order valence-electron chi connectivity index (χ2n) is 2.93. The zero-order valence-corrected chi connectivity index (χ0v) is 8.85.